The number of carboxylic acids is 1. The molecule has 0 heterocycles. The first-order chi connectivity index (χ1) is 15.7. The highest BCUT2D eigenvalue weighted by Crippen LogP contribution is 2.08. The number of nitrogens with one attached hydrogen (secondary N) is 1. The van der Waals surface area contributed by atoms with E-state index in [1.54, 1.807) is 12.2 Å². The fourth-order valence-corrected chi connectivity index (χ4v) is 2.99. The van der Waals surface area contributed by atoms with Crippen LogP contribution in [0, 0.1) is 0 Å². The van der Waals surface area contributed by atoms with Crippen LogP contribution in [0.3, 0.4) is 0 Å². The van der Waals surface area contributed by atoms with Crippen molar-refractivity contribution in [2.75, 3.05) is 0 Å². The number of hydrogen-bond donors (Lipinski definition) is 2. The number of unbranched alkanes of at least 4 members (excludes halogenated alkanes) is 7. The quantitative estimate of drug-likeness (QED) is 0.151. The fraction of sp³-hybridized carbons (Fsp3) is 0.345. The van der Waals surface area contributed by atoms with Crippen molar-refractivity contribution in [3.63, 3.8) is 0 Å². The molecular formula is C29H39NO2. The first kappa shape index (κ1) is 27.0. The highest BCUT2D eigenvalue weighted by Gasteiger charge is 2.04. The van der Waals surface area contributed by atoms with Gasteiger partial charge in [-0.1, -0.05) is 137 Å². The molecule has 1 rings (SSSR count). The molecule has 2 N–H and O–H groups in total. The van der Waals surface area contributed by atoms with Gasteiger partial charge < -0.3 is 10.4 Å². The Morgan fingerprint density at radius 2 is 1.34 bits per heavy atom. The lowest BCUT2D eigenvalue weighted by Gasteiger charge is -2.06. The molecule has 1 aromatic carbocycles. The van der Waals surface area contributed by atoms with E-state index in [0.29, 0.717) is 6.54 Å². The molecular weight excluding hydrogens is 394 g/mol. The summed E-state index contributed by atoms with van der Waals surface area (Å²) in [5.41, 5.74) is 1.20. The SMILES string of the molecule is CCCCCCCCCC=CC=CC=CC=CC=CC=C(NCc1ccccc1)C(=O)O. The summed E-state index contributed by atoms with van der Waals surface area (Å²) in [5, 5.41) is 12.2. The summed E-state index contributed by atoms with van der Waals surface area (Å²) in [5.74, 6) is -0.973. The van der Waals surface area contributed by atoms with Gasteiger partial charge in [0.25, 0.3) is 0 Å². The Morgan fingerprint density at radius 3 is 1.97 bits per heavy atom. The van der Waals surface area contributed by atoms with E-state index in [2.05, 4.69) is 24.4 Å². The number of hydrogen-bond acceptors (Lipinski definition) is 2. The normalized spacial score (nSPS) is 12.8. The molecule has 0 radical (unpaired) electrons. The van der Waals surface area contributed by atoms with Crippen LogP contribution in [-0.2, 0) is 11.3 Å². The van der Waals surface area contributed by atoms with Gasteiger partial charge in [-0.3, -0.25) is 0 Å². The summed E-state index contributed by atoms with van der Waals surface area (Å²) in [7, 11) is 0. The summed E-state index contributed by atoms with van der Waals surface area (Å²) in [4.78, 5) is 11.3. The molecule has 3 heteroatoms. The van der Waals surface area contributed by atoms with Gasteiger partial charge in [-0.25, -0.2) is 4.79 Å². The molecule has 0 aromatic heterocycles. The molecule has 0 fully saturated rings. The van der Waals surface area contributed by atoms with Gasteiger partial charge in [-0.15, -0.1) is 0 Å². The van der Waals surface area contributed by atoms with Crippen LogP contribution in [0.5, 0.6) is 0 Å². The molecule has 172 valence electrons. The van der Waals surface area contributed by atoms with Gasteiger partial charge in [0.1, 0.15) is 5.70 Å². The molecule has 32 heavy (non-hydrogen) atoms. The van der Waals surface area contributed by atoms with E-state index in [1.165, 1.54) is 44.9 Å². The van der Waals surface area contributed by atoms with Crippen molar-refractivity contribution in [1.82, 2.24) is 5.32 Å². The van der Waals surface area contributed by atoms with E-state index < -0.39 is 5.97 Å². The third-order valence-corrected chi connectivity index (χ3v) is 4.82. The molecule has 0 atom stereocenters. The van der Waals surface area contributed by atoms with Gasteiger partial charge in [-0.2, -0.15) is 0 Å². The standard InChI is InChI=1S/C29H39NO2/c1-2-3-4-5-6-7-8-9-10-11-12-13-14-15-16-17-18-22-25-28(29(31)32)30-26-27-23-20-19-21-24-27/h10-25,30H,2-9,26H2,1H3,(H,31,32). The zero-order chi connectivity index (χ0) is 23.1. The third kappa shape index (κ3) is 15.7. The number of carboxylic acid groups (broad SMARTS) is 1. The predicted octanol–water partition coefficient (Wildman–Crippen LogP) is 7.67. The van der Waals surface area contributed by atoms with Crippen LogP contribution in [0.15, 0.2) is 103 Å². The van der Waals surface area contributed by atoms with Crippen molar-refractivity contribution in [3.05, 3.63) is 108 Å². The molecule has 0 amide bonds. The summed E-state index contributed by atoms with van der Waals surface area (Å²) < 4.78 is 0. The molecule has 0 aliphatic heterocycles. The Morgan fingerprint density at radius 1 is 0.781 bits per heavy atom. The van der Waals surface area contributed by atoms with E-state index >= 15 is 0 Å². The van der Waals surface area contributed by atoms with Crippen molar-refractivity contribution in [2.24, 2.45) is 0 Å². The van der Waals surface area contributed by atoms with Crippen LogP contribution in [0.4, 0.5) is 0 Å². The van der Waals surface area contributed by atoms with Gasteiger partial charge in [0.15, 0.2) is 0 Å². The summed E-state index contributed by atoms with van der Waals surface area (Å²) in [6.45, 7) is 2.73. The lowest BCUT2D eigenvalue weighted by atomic mass is 10.1. The Kier molecular flexibility index (Phi) is 16.7. The van der Waals surface area contributed by atoms with E-state index in [4.69, 9.17) is 0 Å². The lowest BCUT2D eigenvalue weighted by molar-refractivity contribution is -0.133. The first-order valence-electron chi connectivity index (χ1n) is 11.8. The topological polar surface area (TPSA) is 49.3 Å². The Hall–Kier alpha value is -3.07. The van der Waals surface area contributed by atoms with Gasteiger partial charge >= 0.3 is 5.97 Å². The summed E-state index contributed by atoms with van der Waals surface area (Å²) in [6.07, 6.45) is 31.8. The summed E-state index contributed by atoms with van der Waals surface area (Å²) >= 11 is 0. The molecule has 0 aliphatic carbocycles. The average Bonchev–Trinajstić information content (AvgIpc) is 2.80. The molecule has 0 bridgehead atoms. The second-order valence-corrected chi connectivity index (χ2v) is 7.60. The van der Waals surface area contributed by atoms with Crippen molar-refractivity contribution in [3.8, 4) is 0 Å². The number of allylic oxidation sites excluding steroid dienone is 11. The number of benzene rings is 1. The maximum Gasteiger partial charge on any atom is 0.351 e. The van der Waals surface area contributed by atoms with Crippen molar-refractivity contribution in [2.45, 2.75) is 64.8 Å². The summed E-state index contributed by atoms with van der Waals surface area (Å²) in [6, 6.07) is 9.71. The predicted molar refractivity (Wildman–Crippen MR) is 137 cm³/mol. The van der Waals surface area contributed by atoms with Gasteiger partial charge in [0.2, 0.25) is 0 Å². The second kappa shape index (κ2) is 19.9. The van der Waals surface area contributed by atoms with Crippen LogP contribution >= 0.6 is 0 Å². The molecule has 1 aromatic rings. The number of rotatable bonds is 17. The minimum absolute atomic E-state index is 0.167. The van der Waals surface area contributed by atoms with Crippen LogP contribution in [0.1, 0.15) is 63.9 Å². The molecule has 0 aliphatic rings. The van der Waals surface area contributed by atoms with Crippen LogP contribution in [0.25, 0.3) is 0 Å². The van der Waals surface area contributed by atoms with Crippen molar-refractivity contribution >= 4 is 5.97 Å². The van der Waals surface area contributed by atoms with E-state index in [9.17, 15) is 9.90 Å². The largest absolute Gasteiger partial charge is 0.477 e. The Labute approximate surface area is 194 Å². The average molecular weight is 434 g/mol. The Balaban J connectivity index is 2.20. The van der Waals surface area contributed by atoms with Crippen LogP contribution in [-0.4, -0.2) is 11.1 Å². The number of aliphatic carboxylic acids is 1. The van der Waals surface area contributed by atoms with Crippen LogP contribution in [0.2, 0.25) is 0 Å². The maximum absolute atomic E-state index is 11.3. The number of carbonyl (C=O) groups is 1. The highest BCUT2D eigenvalue weighted by molar-refractivity contribution is 5.86. The van der Waals surface area contributed by atoms with Crippen molar-refractivity contribution in [1.29, 1.82) is 0 Å². The zero-order valence-corrected chi connectivity index (χ0v) is 19.5. The minimum Gasteiger partial charge on any atom is -0.477 e. The second-order valence-electron chi connectivity index (χ2n) is 7.60. The van der Waals surface area contributed by atoms with E-state index in [1.807, 2.05) is 72.9 Å². The molecule has 0 unspecified atom stereocenters. The molecule has 3 nitrogen and oxygen atoms in total. The zero-order valence-electron chi connectivity index (χ0n) is 19.5. The van der Waals surface area contributed by atoms with Gasteiger partial charge in [-0.05, 0) is 24.5 Å². The van der Waals surface area contributed by atoms with Gasteiger partial charge in [0, 0.05) is 6.54 Å². The van der Waals surface area contributed by atoms with E-state index in [0.717, 1.165) is 12.0 Å². The Bertz CT molecular complexity index is 783. The molecule has 0 saturated carbocycles. The lowest BCUT2D eigenvalue weighted by Crippen LogP contribution is -2.19. The van der Waals surface area contributed by atoms with Crippen LogP contribution < -0.4 is 5.32 Å². The monoisotopic (exact) mass is 433 g/mol. The molecule has 0 spiro atoms. The first-order valence-corrected chi connectivity index (χ1v) is 11.8. The van der Waals surface area contributed by atoms with E-state index in [-0.39, 0.29) is 5.70 Å². The smallest absolute Gasteiger partial charge is 0.351 e. The third-order valence-electron chi connectivity index (χ3n) is 4.82. The van der Waals surface area contributed by atoms with Crippen molar-refractivity contribution < 1.29 is 9.90 Å². The highest BCUT2D eigenvalue weighted by atomic mass is 16.4. The maximum atomic E-state index is 11.3. The molecule has 0 saturated heterocycles. The fourth-order valence-electron chi connectivity index (χ4n) is 2.99. The minimum atomic E-state index is -0.973. The van der Waals surface area contributed by atoms with Gasteiger partial charge in [0.05, 0.1) is 0 Å².